The maximum Gasteiger partial charge on any atom is 0.308 e. The zero-order valence-electron chi connectivity index (χ0n) is 9.94. The molecular formula is C12H14O5. The lowest BCUT2D eigenvalue weighted by molar-refractivity contribution is -0.136. The van der Waals surface area contributed by atoms with Crippen molar-refractivity contribution in [2.45, 2.75) is 13.3 Å². The molecule has 0 saturated carbocycles. The molecule has 0 atom stereocenters. The molecule has 0 unspecified atom stereocenters. The van der Waals surface area contributed by atoms with Gasteiger partial charge < -0.3 is 14.6 Å². The number of ether oxygens (including phenoxy) is 2. The smallest absolute Gasteiger partial charge is 0.308 e. The Morgan fingerprint density at radius 3 is 1.94 bits per heavy atom. The topological polar surface area (TPSA) is 72.8 Å². The number of carboxylic acid groups (broad SMARTS) is 1. The van der Waals surface area contributed by atoms with Crippen LogP contribution in [-0.4, -0.2) is 31.1 Å². The van der Waals surface area contributed by atoms with Crippen molar-refractivity contribution in [1.82, 2.24) is 0 Å². The number of hydrogen-bond donors (Lipinski definition) is 1. The lowest BCUT2D eigenvalue weighted by Crippen LogP contribution is -2.06. The van der Waals surface area contributed by atoms with Crippen LogP contribution in [0.25, 0.3) is 0 Å². The third-order valence-electron chi connectivity index (χ3n) is 2.34. The zero-order valence-corrected chi connectivity index (χ0v) is 9.94. The molecule has 1 aromatic carbocycles. The Labute approximate surface area is 99.0 Å². The van der Waals surface area contributed by atoms with Gasteiger partial charge in [0.2, 0.25) is 0 Å². The molecule has 0 bridgehead atoms. The molecule has 5 heteroatoms. The highest BCUT2D eigenvalue weighted by Crippen LogP contribution is 2.31. The van der Waals surface area contributed by atoms with Crippen LogP contribution in [-0.2, 0) is 11.2 Å². The van der Waals surface area contributed by atoms with Gasteiger partial charge in [0.15, 0.2) is 5.78 Å². The molecule has 1 rings (SSSR count). The lowest BCUT2D eigenvalue weighted by atomic mass is 10.0. The summed E-state index contributed by atoms with van der Waals surface area (Å²) in [6, 6.07) is 3.03. The number of hydrogen-bond acceptors (Lipinski definition) is 4. The van der Waals surface area contributed by atoms with Crippen LogP contribution in [0.4, 0.5) is 0 Å². The van der Waals surface area contributed by atoms with Crippen molar-refractivity contribution in [1.29, 1.82) is 0 Å². The van der Waals surface area contributed by atoms with Crippen molar-refractivity contribution in [2.24, 2.45) is 0 Å². The van der Waals surface area contributed by atoms with Gasteiger partial charge >= 0.3 is 5.97 Å². The van der Waals surface area contributed by atoms with Gasteiger partial charge in [0, 0.05) is 11.1 Å². The van der Waals surface area contributed by atoms with Crippen LogP contribution >= 0.6 is 0 Å². The predicted molar refractivity (Wildman–Crippen MR) is 60.9 cm³/mol. The van der Waals surface area contributed by atoms with E-state index in [1.54, 1.807) is 0 Å². The Morgan fingerprint density at radius 1 is 1.18 bits per heavy atom. The highest BCUT2D eigenvalue weighted by molar-refractivity contribution is 5.95. The molecule has 0 aliphatic heterocycles. The first-order valence-corrected chi connectivity index (χ1v) is 4.97. The molecule has 0 heterocycles. The SMILES string of the molecule is COc1cc(C(C)=O)cc(OC)c1CC(=O)O. The number of ketones is 1. The monoisotopic (exact) mass is 238 g/mol. The first kappa shape index (κ1) is 13.0. The summed E-state index contributed by atoms with van der Waals surface area (Å²) in [5.74, 6) is -0.436. The van der Waals surface area contributed by atoms with Crippen LogP contribution in [0.2, 0.25) is 0 Å². The molecule has 0 aliphatic rings. The summed E-state index contributed by atoms with van der Waals surface area (Å²) in [5.41, 5.74) is 0.848. The van der Waals surface area contributed by atoms with Gasteiger partial charge in [-0.2, -0.15) is 0 Å². The fourth-order valence-electron chi connectivity index (χ4n) is 1.51. The van der Waals surface area contributed by atoms with Gasteiger partial charge in [-0.15, -0.1) is 0 Å². The first-order valence-electron chi connectivity index (χ1n) is 4.97. The van der Waals surface area contributed by atoms with Crippen molar-refractivity contribution in [2.75, 3.05) is 14.2 Å². The average molecular weight is 238 g/mol. The minimum Gasteiger partial charge on any atom is -0.496 e. The van der Waals surface area contributed by atoms with Gasteiger partial charge in [-0.1, -0.05) is 0 Å². The van der Waals surface area contributed by atoms with E-state index in [1.165, 1.54) is 33.3 Å². The van der Waals surface area contributed by atoms with Crippen LogP contribution in [0.3, 0.4) is 0 Å². The Hall–Kier alpha value is -2.04. The van der Waals surface area contributed by atoms with Gasteiger partial charge in [0.05, 0.1) is 20.6 Å². The molecule has 0 amide bonds. The number of aliphatic carboxylic acids is 1. The lowest BCUT2D eigenvalue weighted by Gasteiger charge is -2.13. The van der Waals surface area contributed by atoms with Crippen molar-refractivity contribution in [3.8, 4) is 11.5 Å². The Bertz CT molecular complexity index is 425. The fraction of sp³-hybridized carbons (Fsp3) is 0.333. The number of benzene rings is 1. The Kier molecular flexibility index (Phi) is 4.09. The molecule has 0 radical (unpaired) electrons. The molecule has 0 aromatic heterocycles. The number of carbonyl (C=O) groups excluding carboxylic acids is 1. The standard InChI is InChI=1S/C12H14O5/c1-7(13)8-4-10(16-2)9(6-12(14)15)11(5-8)17-3/h4-5H,6H2,1-3H3,(H,14,15). The van der Waals surface area contributed by atoms with Crippen molar-refractivity contribution in [3.63, 3.8) is 0 Å². The van der Waals surface area contributed by atoms with Crippen molar-refractivity contribution < 1.29 is 24.2 Å². The van der Waals surface area contributed by atoms with Crippen LogP contribution in [0.1, 0.15) is 22.8 Å². The summed E-state index contributed by atoms with van der Waals surface area (Å²) < 4.78 is 10.2. The third kappa shape index (κ3) is 2.96. The Balaban J connectivity index is 3.35. The largest absolute Gasteiger partial charge is 0.496 e. The van der Waals surface area contributed by atoms with E-state index >= 15 is 0 Å². The summed E-state index contributed by atoms with van der Waals surface area (Å²) in [5, 5.41) is 8.81. The quantitative estimate of drug-likeness (QED) is 0.787. The van der Waals surface area contributed by atoms with Gasteiger partial charge in [0.1, 0.15) is 11.5 Å². The maximum atomic E-state index is 11.3. The molecule has 17 heavy (non-hydrogen) atoms. The van der Waals surface area contributed by atoms with Crippen molar-refractivity contribution in [3.05, 3.63) is 23.3 Å². The predicted octanol–water partition coefficient (Wildman–Crippen LogP) is 1.53. The van der Waals surface area contributed by atoms with E-state index < -0.39 is 5.97 Å². The van der Waals surface area contributed by atoms with E-state index in [9.17, 15) is 9.59 Å². The highest BCUT2D eigenvalue weighted by atomic mass is 16.5. The third-order valence-corrected chi connectivity index (χ3v) is 2.34. The van der Waals surface area contributed by atoms with E-state index in [0.29, 0.717) is 22.6 Å². The number of carboxylic acids is 1. The second kappa shape index (κ2) is 5.34. The van der Waals surface area contributed by atoms with E-state index in [0.717, 1.165) is 0 Å². The van der Waals surface area contributed by atoms with Crippen LogP contribution in [0.5, 0.6) is 11.5 Å². The summed E-state index contributed by atoms with van der Waals surface area (Å²) >= 11 is 0. The molecule has 0 spiro atoms. The second-order valence-corrected chi connectivity index (χ2v) is 3.49. The van der Waals surface area contributed by atoms with Crippen LogP contribution in [0.15, 0.2) is 12.1 Å². The van der Waals surface area contributed by atoms with E-state index in [1.807, 2.05) is 0 Å². The number of carbonyl (C=O) groups is 2. The van der Waals surface area contributed by atoms with Gasteiger partial charge in [-0.3, -0.25) is 9.59 Å². The summed E-state index contributed by atoms with van der Waals surface area (Å²) in [6.07, 6.45) is -0.218. The molecular weight excluding hydrogens is 224 g/mol. The average Bonchev–Trinajstić information content (AvgIpc) is 2.28. The molecule has 5 nitrogen and oxygen atoms in total. The minimum absolute atomic E-state index is 0.136. The van der Waals surface area contributed by atoms with Crippen molar-refractivity contribution >= 4 is 11.8 Å². The van der Waals surface area contributed by atoms with Gasteiger partial charge in [0.25, 0.3) is 0 Å². The number of Topliss-reactive ketones (excluding diaryl/α,β-unsaturated/α-hetero) is 1. The minimum atomic E-state index is -0.989. The molecule has 0 fully saturated rings. The fourth-order valence-corrected chi connectivity index (χ4v) is 1.51. The zero-order chi connectivity index (χ0) is 13.0. The summed E-state index contributed by atoms with van der Waals surface area (Å²) in [7, 11) is 2.84. The first-order chi connectivity index (χ1) is 7.99. The van der Waals surface area contributed by atoms with Crippen LogP contribution in [0, 0.1) is 0 Å². The Morgan fingerprint density at radius 2 is 1.65 bits per heavy atom. The second-order valence-electron chi connectivity index (χ2n) is 3.49. The summed E-state index contributed by atoms with van der Waals surface area (Å²) in [6.45, 7) is 1.42. The van der Waals surface area contributed by atoms with Gasteiger partial charge in [-0.05, 0) is 19.1 Å². The van der Waals surface area contributed by atoms with Crippen LogP contribution < -0.4 is 9.47 Å². The number of methoxy groups -OCH3 is 2. The van der Waals surface area contributed by atoms with E-state index in [2.05, 4.69) is 0 Å². The maximum absolute atomic E-state index is 11.3. The molecule has 1 aromatic rings. The molecule has 1 N–H and O–H groups in total. The summed E-state index contributed by atoms with van der Waals surface area (Å²) in [4.78, 5) is 22.0. The normalized spacial score (nSPS) is 9.82. The number of rotatable bonds is 5. The van der Waals surface area contributed by atoms with Gasteiger partial charge in [-0.25, -0.2) is 0 Å². The van der Waals surface area contributed by atoms with E-state index in [4.69, 9.17) is 14.6 Å². The molecule has 0 saturated heterocycles. The van der Waals surface area contributed by atoms with E-state index in [-0.39, 0.29) is 12.2 Å². The molecule has 0 aliphatic carbocycles. The molecule has 92 valence electrons. The highest BCUT2D eigenvalue weighted by Gasteiger charge is 2.16.